The van der Waals surface area contributed by atoms with Crippen LogP contribution in [0.3, 0.4) is 0 Å². The molecule has 0 aliphatic carbocycles. The molecule has 0 radical (unpaired) electrons. The Morgan fingerprint density at radius 1 is 1.42 bits per heavy atom. The second kappa shape index (κ2) is 5.88. The summed E-state index contributed by atoms with van der Waals surface area (Å²) in [7, 11) is -1.08. The van der Waals surface area contributed by atoms with Gasteiger partial charge in [0.15, 0.2) is 0 Å². The van der Waals surface area contributed by atoms with E-state index in [1.807, 2.05) is 45.0 Å². The van der Waals surface area contributed by atoms with Crippen LogP contribution in [0, 0.1) is 13.8 Å². The third kappa shape index (κ3) is 3.45. The molecule has 102 valence electrons. The Balaban J connectivity index is 2.11. The fourth-order valence-corrected chi connectivity index (χ4v) is 3.02. The zero-order valence-corrected chi connectivity index (χ0v) is 12.7. The van der Waals surface area contributed by atoms with E-state index in [2.05, 4.69) is 4.98 Å². The Bertz CT molecular complexity index is 590. The van der Waals surface area contributed by atoms with Crippen molar-refractivity contribution in [3.8, 4) is 0 Å². The summed E-state index contributed by atoms with van der Waals surface area (Å²) < 4.78 is 17.8. The highest BCUT2D eigenvalue weighted by Crippen LogP contribution is 2.24. The first-order valence-corrected chi connectivity index (χ1v) is 7.79. The van der Waals surface area contributed by atoms with Crippen LogP contribution >= 0.6 is 11.6 Å². The molecule has 5 heteroatoms. The van der Waals surface area contributed by atoms with Crippen molar-refractivity contribution in [2.45, 2.75) is 31.8 Å². The first-order valence-electron chi connectivity index (χ1n) is 6.03. The van der Waals surface area contributed by atoms with Crippen molar-refractivity contribution in [3.05, 3.63) is 52.2 Å². The number of nitrogens with zero attached hydrogens (tertiary/aromatic N) is 1. The van der Waals surface area contributed by atoms with Crippen LogP contribution in [0.25, 0.3) is 0 Å². The van der Waals surface area contributed by atoms with Crippen molar-refractivity contribution < 1.29 is 8.63 Å². The van der Waals surface area contributed by atoms with Gasteiger partial charge < -0.3 is 4.42 Å². The number of rotatable bonds is 4. The van der Waals surface area contributed by atoms with Crippen LogP contribution in [0.5, 0.6) is 0 Å². The van der Waals surface area contributed by atoms with Gasteiger partial charge in [-0.25, -0.2) is 4.98 Å². The van der Waals surface area contributed by atoms with E-state index in [1.165, 1.54) is 0 Å². The highest BCUT2D eigenvalue weighted by atomic mass is 35.5. The minimum absolute atomic E-state index is 0.105. The number of halogens is 1. The van der Waals surface area contributed by atoms with Gasteiger partial charge in [-0.15, -0.1) is 0 Å². The highest BCUT2D eigenvalue weighted by Gasteiger charge is 2.17. The van der Waals surface area contributed by atoms with Crippen LogP contribution in [0.2, 0.25) is 5.02 Å². The molecule has 19 heavy (non-hydrogen) atoms. The molecule has 1 aromatic carbocycles. The van der Waals surface area contributed by atoms with Crippen LogP contribution in [0.15, 0.2) is 28.7 Å². The molecular formula is C14H16ClNO2S. The Hall–Kier alpha value is -1.13. The summed E-state index contributed by atoms with van der Waals surface area (Å²) in [5.74, 6) is 1.63. The predicted octanol–water partition coefficient (Wildman–Crippen LogP) is 3.95. The van der Waals surface area contributed by atoms with E-state index in [1.54, 1.807) is 0 Å². The third-order valence-electron chi connectivity index (χ3n) is 3.05. The van der Waals surface area contributed by atoms with Gasteiger partial charge in [-0.1, -0.05) is 23.7 Å². The summed E-state index contributed by atoms with van der Waals surface area (Å²) in [5, 5.41) is 0.551. The average Bonchev–Trinajstić information content (AvgIpc) is 2.67. The van der Waals surface area contributed by atoms with Crippen molar-refractivity contribution in [1.29, 1.82) is 0 Å². The summed E-state index contributed by atoms with van der Waals surface area (Å²) in [6, 6.07) is 7.45. The Kier molecular flexibility index (Phi) is 4.42. The molecule has 0 unspecified atom stereocenters. The standard InChI is InChI=1S/C14H16ClNO2S/c1-9-10(2)18-14(16-9)8-19(17)11(3)12-5-4-6-13(15)7-12/h4-7,11H,8H2,1-3H3/t11-,19+/m1/s1. The Morgan fingerprint density at radius 2 is 2.16 bits per heavy atom. The van der Waals surface area contributed by atoms with E-state index in [4.69, 9.17) is 16.0 Å². The van der Waals surface area contributed by atoms with E-state index in [9.17, 15) is 4.21 Å². The lowest BCUT2D eigenvalue weighted by Gasteiger charge is -2.10. The maximum absolute atomic E-state index is 12.3. The largest absolute Gasteiger partial charge is 0.445 e. The number of aryl methyl sites for hydroxylation is 2. The van der Waals surface area contributed by atoms with Gasteiger partial charge in [-0.3, -0.25) is 4.21 Å². The van der Waals surface area contributed by atoms with Crippen LogP contribution in [0.4, 0.5) is 0 Å². The zero-order chi connectivity index (χ0) is 14.0. The summed E-state index contributed by atoms with van der Waals surface area (Å²) in [6.07, 6.45) is 0. The van der Waals surface area contributed by atoms with Gasteiger partial charge in [0.25, 0.3) is 0 Å². The van der Waals surface area contributed by atoms with Crippen LogP contribution < -0.4 is 0 Å². The van der Waals surface area contributed by atoms with Gasteiger partial charge in [-0.05, 0) is 38.5 Å². The lowest BCUT2D eigenvalue weighted by atomic mass is 10.2. The lowest BCUT2D eigenvalue weighted by molar-refractivity contribution is 0.487. The molecule has 1 heterocycles. The molecule has 0 bridgehead atoms. The van der Waals surface area contributed by atoms with Crippen molar-refractivity contribution in [2.24, 2.45) is 0 Å². The van der Waals surface area contributed by atoms with Crippen LogP contribution in [-0.2, 0) is 16.6 Å². The normalized spacial score (nSPS) is 14.3. The minimum atomic E-state index is -1.08. The van der Waals surface area contributed by atoms with E-state index in [0.717, 1.165) is 17.0 Å². The molecule has 1 aromatic heterocycles. The zero-order valence-electron chi connectivity index (χ0n) is 11.1. The van der Waals surface area contributed by atoms with E-state index in [-0.39, 0.29) is 5.25 Å². The Morgan fingerprint density at radius 3 is 2.74 bits per heavy atom. The smallest absolute Gasteiger partial charge is 0.207 e. The number of hydrogen-bond acceptors (Lipinski definition) is 3. The van der Waals surface area contributed by atoms with E-state index >= 15 is 0 Å². The number of benzene rings is 1. The second-order valence-corrected chi connectivity index (χ2v) is 6.67. The fraction of sp³-hybridized carbons (Fsp3) is 0.357. The predicted molar refractivity (Wildman–Crippen MR) is 77.7 cm³/mol. The minimum Gasteiger partial charge on any atom is -0.445 e. The van der Waals surface area contributed by atoms with Crippen LogP contribution in [0.1, 0.15) is 35.1 Å². The van der Waals surface area contributed by atoms with Crippen LogP contribution in [-0.4, -0.2) is 9.19 Å². The van der Waals surface area contributed by atoms with E-state index in [0.29, 0.717) is 16.7 Å². The maximum atomic E-state index is 12.3. The summed E-state index contributed by atoms with van der Waals surface area (Å²) in [6.45, 7) is 5.66. The van der Waals surface area contributed by atoms with Gasteiger partial charge in [0.1, 0.15) is 11.5 Å². The molecule has 0 spiro atoms. The molecule has 2 rings (SSSR count). The van der Waals surface area contributed by atoms with Crippen molar-refractivity contribution in [1.82, 2.24) is 4.98 Å². The highest BCUT2D eigenvalue weighted by molar-refractivity contribution is 7.84. The molecule has 2 aromatic rings. The monoisotopic (exact) mass is 297 g/mol. The quantitative estimate of drug-likeness (QED) is 0.858. The molecular weight excluding hydrogens is 282 g/mol. The maximum Gasteiger partial charge on any atom is 0.207 e. The van der Waals surface area contributed by atoms with Crippen molar-refractivity contribution in [2.75, 3.05) is 0 Å². The number of aromatic nitrogens is 1. The molecule has 0 fully saturated rings. The van der Waals surface area contributed by atoms with Gasteiger partial charge in [0.05, 0.1) is 10.9 Å². The molecule has 0 amide bonds. The first kappa shape index (κ1) is 14.3. The first-order chi connectivity index (χ1) is 8.97. The molecule has 0 aliphatic rings. The molecule has 0 saturated heterocycles. The SMILES string of the molecule is Cc1nc(C[S@](=O)[C@H](C)c2cccc(Cl)c2)oc1C. The van der Waals surface area contributed by atoms with Gasteiger partial charge in [0, 0.05) is 15.8 Å². The third-order valence-corrected chi connectivity index (χ3v) is 4.88. The van der Waals surface area contributed by atoms with Gasteiger partial charge in [0.2, 0.25) is 5.89 Å². The summed E-state index contributed by atoms with van der Waals surface area (Å²) in [4.78, 5) is 4.26. The number of hydrogen-bond donors (Lipinski definition) is 0. The van der Waals surface area contributed by atoms with Crippen molar-refractivity contribution in [3.63, 3.8) is 0 Å². The second-order valence-electron chi connectivity index (χ2n) is 4.47. The summed E-state index contributed by atoms with van der Waals surface area (Å²) >= 11 is 5.95. The molecule has 0 saturated carbocycles. The van der Waals surface area contributed by atoms with Gasteiger partial charge >= 0.3 is 0 Å². The molecule has 2 atom stereocenters. The molecule has 3 nitrogen and oxygen atoms in total. The average molecular weight is 298 g/mol. The van der Waals surface area contributed by atoms with Crippen molar-refractivity contribution >= 4 is 22.4 Å². The fourth-order valence-electron chi connectivity index (χ4n) is 1.76. The summed E-state index contributed by atoms with van der Waals surface area (Å²) in [5.41, 5.74) is 1.81. The van der Waals surface area contributed by atoms with Gasteiger partial charge in [-0.2, -0.15) is 0 Å². The topological polar surface area (TPSA) is 43.1 Å². The lowest BCUT2D eigenvalue weighted by Crippen LogP contribution is -2.05. The van der Waals surface area contributed by atoms with E-state index < -0.39 is 10.8 Å². The number of oxazole rings is 1. The molecule has 0 N–H and O–H groups in total. The Labute approximate surface area is 120 Å². The molecule has 0 aliphatic heterocycles.